The largest absolute Gasteiger partial charge is 0.465 e. The van der Waals surface area contributed by atoms with Gasteiger partial charge in [0.05, 0.1) is 21.5 Å². The number of esters is 1. The highest BCUT2D eigenvalue weighted by molar-refractivity contribution is 9.11. The first-order chi connectivity index (χ1) is 13.5. The highest BCUT2D eigenvalue weighted by Crippen LogP contribution is 2.44. The van der Waals surface area contributed by atoms with Gasteiger partial charge in [-0.15, -0.1) is 11.3 Å². The number of amides is 1. The minimum atomic E-state index is -0.671. The van der Waals surface area contributed by atoms with E-state index < -0.39 is 12.1 Å². The SMILES string of the molecule is COC(=O)c1c(-c2ccc(Cl)cc2)sc(Br)c1NC(=O)OCc1ccccc1. The molecule has 1 amide bonds. The molecule has 3 aromatic rings. The summed E-state index contributed by atoms with van der Waals surface area (Å²) in [4.78, 5) is 25.3. The number of anilines is 1. The van der Waals surface area contributed by atoms with Crippen LogP contribution in [0, 0.1) is 0 Å². The Morgan fingerprint density at radius 2 is 1.79 bits per heavy atom. The Kier molecular flexibility index (Phi) is 6.72. The summed E-state index contributed by atoms with van der Waals surface area (Å²) in [5.74, 6) is -0.565. The van der Waals surface area contributed by atoms with Gasteiger partial charge in [0.15, 0.2) is 0 Å². The van der Waals surface area contributed by atoms with Crippen LogP contribution in [0.1, 0.15) is 15.9 Å². The molecule has 1 aromatic heterocycles. The fourth-order valence-electron chi connectivity index (χ4n) is 2.48. The van der Waals surface area contributed by atoms with E-state index in [0.29, 0.717) is 19.4 Å². The molecule has 0 spiro atoms. The Morgan fingerprint density at radius 1 is 1.11 bits per heavy atom. The van der Waals surface area contributed by atoms with Gasteiger partial charge in [-0.3, -0.25) is 5.32 Å². The number of ether oxygens (including phenoxy) is 2. The molecule has 1 heterocycles. The minimum absolute atomic E-state index is 0.117. The molecular weight excluding hydrogens is 466 g/mol. The monoisotopic (exact) mass is 479 g/mol. The molecule has 1 N–H and O–H groups in total. The number of hydrogen-bond donors (Lipinski definition) is 1. The summed E-state index contributed by atoms with van der Waals surface area (Å²) >= 11 is 10.7. The van der Waals surface area contributed by atoms with Crippen LogP contribution in [-0.2, 0) is 16.1 Å². The van der Waals surface area contributed by atoms with E-state index in [1.807, 2.05) is 30.3 Å². The number of thiophene rings is 1. The van der Waals surface area contributed by atoms with Crippen molar-refractivity contribution in [2.75, 3.05) is 12.4 Å². The summed E-state index contributed by atoms with van der Waals surface area (Å²) < 4.78 is 10.7. The number of nitrogens with one attached hydrogen (secondary N) is 1. The summed E-state index contributed by atoms with van der Waals surface area (Å²) in [5, 5.41) is 3.23. The standard InChI is InChI=1S/C20H15BrClNO4S/c1-26-19(24)15-16(23-20(25)27-11-12-5-3-2-4-6-12)18(21)28-17(15)13-7-9-14(22)10-8-13/h2-10H,11H2,1H3,(H,23,25). The number of halogens is 2. The molecule has 0 aliphatic rings. The lowest BCUT2D eigenvalue weighted by atomic mass is 10.1. The second kappa shape index (κ2) is 9.23. The number of methoxy groups -OCH3 is 1. The van der Waals surface area contributed by atoms with Gasteiger partial charge in [0.25, 0.3) is 0 Å². The molecule has 0 unspecified atom stereocenters. The van der Waals surface area contributed by atoms with Crippen LogP contribution in [0.15, 0.2) is 58.4 Å². The summed E-state index contributed by atoms with van der Waals surface area (Å²) in [6, 6.07) is 16.4. The maximum absolute atomic E-state index is 12.4. The van der Waals surface area contributed by atoms with Crippen molar-refractivity contribution in [2.45, 2.75) is 6.61 Å². The highest BCUT2D eigenvalue weighted by Gasteiger charge is 2.26. The van der Waals surface area contributed by atoms with E-state index in [-0.39, 0.29) is 12.2 Å². The average molecular weight is 481 g/mol. The maximum atomic E-state index is 12.4. The van der Waals surface area contributed by atoms with E-state index in [4.69, 9.17) is 21.1 Å². The Morgan fingerprint density at radius 3 is 2.43 bits per heavy atom. The normalized spacial score (nSPS) is 10.4. The molecule has 0 aliphatic carbocycles. The molecule has 0 atom stereocenters. The molecule has 5 nitrogen and oxygen atoms in total. The summed E-state index contributed by atoms with van der Waals surface area (Å²) in [5.41, 5.74) is 2.19. The quantitative estimate of drug-likeness (QED) is 0.431. The smallest absolute Gasteiger partial charge is 0.412 e. The van der Waals surface area contributed by atoms with E-state index in [2.05, 4.69) is 21.2 Å². The molecule has 0 bridgehead atoms. The lowest BCUT2D eigenvalue weighted by Crippen LogP contribution is -2.16. The Labute approximate surface area is 179 Å². The van der Waals surface area contributed by atoms with Crippen LogP contribution in [0.3, 0.4) is 0 Å². The lowest BCUT2D eigenvalue weighted by molar-refractivity contribution is 0.0603. The maximum Gasteiger partial charge on any atom is 0.412 e. The van der Waals surface area contributed by atoms with E-state index in [1.165, 1.54) is 18.4 Å². The van der Waals surface area contributed by atoms with Crippen molar-refractivity contribution in [3.8, 4) is 10.4 Å². The van der Waals surface area contributed by atoms with E-state index in [0.717, 1.165) is 11.1 Å². The molecule has 8 heteroatoms. The van der Waals surface area contributed by atoms with E-state index >= 15 is 0 Å². The second-order valence-electron chi connectivity index (χ2n) is 5.64. The van der Waals surface area contributed by atoms with Crippen LogP contribution in [0.2, 0.25) is 5.02 Å². The van der Waals surface area contributed by atoms with Crippen molar-refractivity contribution in [1.29, 1.82) is 0 Å². The van der Waals surface area contributed by atoms with Crippen molar-refractivity contribution in [2.24, 2.45) is 0 Å². The van der Waals surface area contributed by atoms with Gasteiger partial charge in [-0.2, -0.15) is 0 Å². The molecular formula is C20H15BrClNO4S. The van der Waals surface area contributed by atoms with Crippen LogP contribution >= 0.6 is 38.9 Å². The van der Waals surface area contributed by atoms with E-state index in [9.17, 15) is 9.59 Å². The predicted molar refractivity (Wildman–Crippen MR) is 114 cm³/mol. The molecule has 2 aromatic carbocycles. The van der Waals surface area contributed by atoms with Crippen LogP contribution in [0.4, 0.5) is 10.5 Å². The molecule has 0 fully saturated rings. The van der Waals surface area contributed by atoms with Crippen molar-refractivity contribution in [3.05, 3.63) is 74.5 Å². The zero-order chi connectivity index (χ0) is 20.1. The zero-order valence-electron chi connectivity index (χ0n) is 14.7. The van der Waals surface area contributed by atoms with Gasteiger partial charge >= 0.3 is 12.1 Å². The van der Waals surface area contributed by atoms with Gasteiger partial charge in [-0.1, -0.05) is 54.1 Å². The second-order valence-corrected chi connectivity index (χ2v) is 8.42. The summed E-state index contributed by atoms with van der Waals surface area (Å²) in [7, 11) is 1.29. The van der Waals surface area contributed by atoms with E-state index in [1.54, 1.807) is 24.3 Å². The zero-order valence-corrected chi connectivity index (χ0v) is 17.9. The number of hydrogen-bond acceptors (Lipinski definition) is 5. The third-order valence-electron chi connectivity index (χ3n) is 3.80. The lowest BCUT2D eigenvalue weighted by Gasteiger charge is -2.09. The van der Waals surface area contributed by atoms with Gasteiger partial charge in [0.1, 0.15) is 12.2 Å². The molecule has 0 saturated heterocycles. The van der Waals surface area contributed by atoms with Crippen molar-refractivity contribution in [3.63, 3.8) is 0 Å². The van der Waals surface area contributed by atoms with Crippen LogP contribution in [0.5, 0.6) is 0 Å². The van der Waals surface area contributed by atoms with Crippen molar-refractivity contribution < 1.29 is 19.1 Å². The number of carbonyl (C=O) groups is 2. The summed E-state index contributed by atoms with van der Waals surface area (Å²) in [6.07, 6.45) is -0.671. The van der Waals surface area contributed by atoms with Crippen LogP contribution in [-0.4, -0.2) is 19.2 Å². The average Bonchev–Trinajstić information content (AvgIpc) is 3.03. The Balaban J connectivity index is 1.86. The highest BCUT2D eigenvalue weighted by atomic mass is 79.9. The van der Waals surface area contributed by atoms with Gasteiger partial charge in [0, 0.05) is 5.02 Å². The fraction of sp³-hybridized carbons (Fsp3) is 0.100. The van der Waals surface area contributed by atoms with Gasteiger partial charge in [-0.25, -0.2) is 9.59 Å². The van der Waals surface area contributed by atoms with Gasteiger partial charge in [0.2, 0.25) is 0 Å². The molecule has 0 saturated carbocycles. The number of rotatable bonds is 5. The molecule has 144 valence electrons. The van der Waals surface area contributed by atoms with Crippen molar-refractivity contribution >= 4 is 56.6 Å². The minimum Gasteiger partial charge on any atom is -0.465 e. The van der Waals surface area contributed by atoms with Crippen LogP contribution < -0.4 is 5.32 Å². The number of carbonyl (C=O) groups excluding carboxylic acids is 2. The van der Waals surface area contributed by atoms with Gasteiger partial charge in [-0.05, 0) is 39.2 Å². The molecule has 3 rings (SSSR count). The van der Waals surface area contributed by atoms with Crippen LogP contribution in [0.25, 0.3) is 10.4 Å². The van der Waals surface area contributed by atoms with Crippen molar-refractivity contribution in [1.82, 2.24) is 0 Å². The predicted octanol–water partition coefficient (Wildman–Crippen LogP) is 6.37. The fourth-order valence-corrected chi connectivity index (χ4v) is 4.36. The first-order valence-electron chi connectivity index (χ1n) is 8.14. The molecule has 28 heavy (non-hydrogen) atoms. The first kappa shape index (κ1) is 20.4. The third kappa shape index (κ3) is 4.73. The Hall–Kier alpha value is -2.35. The topological polar surface area (TPSA) is 64.6 Å². The molecule has 0 aliphatic heterocycles. The summed E-state index contributed by atoms with van der Waals surface area (Å²) in [6.45, 7) is 0.117. The Bertz CT molecular complexity index is 989. The number of benzene rings is 2. The molecule has 0 radical (unpaired) electrons. The first-order valence-corrected chi connectivity index (χ1v) is 10.1. The van der Waals surface area contributed by atoms with Gasteiger partial charge < -0.3 is 9.47 Å². The third-order valence-corrected chi connectivity index (χ3v) is 5.96.